The van der Waals surface area contributed by atoms with Gasteiger partial charge in [-0.3, -0.25) is 0 Å². The largest absolute Gasteiger partial charge is 0.505 e. The van der Waals surface area contributed by atoms with E-state index in [1.54, 1.807) is 6.92 Å². The van der Waals surface area contributed by atoms with Crippen molar-refractivity contribution >= 4 is 0 Å². The number of methoxy groups -OCH3 is 2. The van der Waals surface area contributed by atoms with Crippen LogP contribution in [0.4, 0.5) is 4.39 Å². The molecule has 5 heteroatoms. The van der Waals surface area contributed by atoms with Gasteiger partial charge in [0.25, 0.3) is 0 Å². The van der Waals surface area contributed by atoms with Crippen molar-refractivity contribution in [2.24, 2.45) is 5.73 Å². The first-order valence-electron chi connectivity index (χ1n) is 4.89. The van der Waals surface area contributed by atoms with E-state index in [9.17, 15) is 9.50 Å². The topological polar surface area (TPSA) is 64.7 Å². The van der Waals surface area contributed by atoms with Crippen molar-refractivity contribution in [2.75, 3.05) is 14.2 Å². The molecule has 0 amide bonds. The zero-order chi connectivity index (χ0) is 12.3. The Hall–Kier alpha value is -1.49. The van der Waals surface area contributed by atoms with E-state index in [2.05, 4.69) is 0 Å². The van der Waals surface area contributed by atoms with E-state index in [1.807, 2.05) is 0 Å². The van der Waals surface area contributed by atoms with Gasteiger partial charge >= 0.3 is 0 Å². The molecule has 0 heterocycles. The van der Waals surface area contributed by atoms with Crippen LogP contribution in [0, 0.1) is 5.82 Å². The number of aromatic hydroxyl groups is 1. The number of halogens is 1. The Balaban J connectivity index is 3.34. The van der Waals surface area contributed by atoms with Crippen LogP contribution in [0.3, 0.4) is 0 Å². The van der Waals surface area contributed by atoms with E-state index in [4.69, 9.17) is 15.2 Å². The summed E-state index contributed by atoms with van der Waals surface area (Å²) in [5.74, 6) is -0.615. The van der Waals surface area contributed by atoms with Crippen LogP contribution >= 0.6 is 0 Å². The van der Waals surface area contributed by atoms with Gasteiger partial charge in [-0.15, -0.1) is 0 Å². The maximum atomic E-state index is 13.4. The molecule has 16 heavy (non-hydrogen) atoms. The minimum atomic E-state index is -0.742. The molecule has 1 aromatic carbocycles. The van der Waals surface area contributed by atoms with Crippen LogP contribution in [-0.4, -0.2) is 25.4 Å². The number of ether oxygens (including phenoxy) is 2. The SMILES string of the molecule is COc1cc(F)c(O)c(CC(C)N)c1OC. The quantitative estimate of drug-likeness (QED) is 0.820. The van der Waals surface area contributed by atoms with Gasteiger partial charge in [0.1, 0.15) is 0 Å². The lowest BCUT2D eigenvalue weighted by Gasteiger charge is -2.16. The molecule has 0 fully saturated rings. The van der Waals surface area contributed by atoms with Gasteiger partial charge in [0, 0.05) is 17.7 Å². The van der Waals surface area contributed by atoms with Gasteiger partial charge in [-0.25, -0.2) is 4.39 Å². The molecular formula is C11H16FNO3. The Bertz CT molecular complexity index is 380. The van der Waals surface area contributed by atoms with Crippen LogP contribution in [0.1, 0.15) is 12.5 Å². The number of benzene rings is 1. The highest BCUT2D eigenvalue weighted by molar-refractivity contribution is 5.54. The number of phenolic OH excluding ortho intramolecular Hbond substituents is 1. The Kier molecular flexibility index (Phi) is 3.95. The summed E-state index contributed by atoms with van der Waals surface area (Å²) in [7, 11) is 2.84. The second-order valence-electron chi connectivity index (χ2n) is 3.60. The number of hydrogen-bond acceptors (Lipinski definition) is 4. The number of hydrogen-bond donors (Lipinski definition) is 2. The van der Waals surface area contributed by atoms with E-state index in [0.29, 0.717) is 17.7 Å². The summed E-state index contributed by atoms with van der Waals surface area (Å²) in [6.45, 7) is 1.76. The Morgan fingerprint density at radius 1 is 1.44 bits per heavy atom. The molecule has 0 radical (unpaired) electrons. The molecule has 1 rings (SSSR count). The molecule has 0 saturated carbocycles. The fourth-order valence-corrected chi connectivity index (χ4v) is 1.54. The zero-order valence-corrected chi connectivity index (χ0v) is 9.58. The maximum Gasteiger partial charge on any atom is 0.169 e. The first kappa shape index (κ1) is 12.6. The third-order valence-corrected chi connectivity index (χ3v) is 2.22. The van der Waals surface area contributed by atoms with Gasteiger partial charge in [-0.1, -0.05) is 0 Å². The van der Waals surface area contributed by atoms with Crippen molar-refractivity contribution in [2.45, 2.75) is 19.4 Å². The van der Waals surface area contributed by atoms with Crippen LogP contribution in [0.15, 0.2) is 6.07 Å². The molecule has 3 N–H and O–H groups in total. The van der Waals surface area contributed by atoms with Crippen molar-refractivity contribution in [3.05, 3.63) is 17.4 Å². The number of rotatable bonds is 4. The fraction of sp³-hybridized carbons (Fsp3) is 0.455. The van der Waals surface area contributed by atoms with Crippen molar-refractivity contribution in [3.63, 3.8) is 0 Å². The predicted molar refractivity (Wildman–Crippen MR) is 58.5 cm³/mol. The Morgan fingerprint density at radius 3 is 2.50 bits per heavy atom. The number of phenols is 1. The summed E-state index contributed by atoms with van der Waals surface area (Å²) in [5, 5.41) is 9.61. The van der Waals surface area contributed by atoms with E-state index in [-0.39, 0.29) is 11.8 Å². The molecule has 1 aromatic rings. The first-order valence-corrected chi connectivity index (χ1v) is 4.89. The minimum Gasteiger partial charge on any atom is -0.505 e. The van der Waals surface area contributed by atoms with Crippen LogP contribution in [0.2, 0.25) is 0 Å². The highest BCUT2D eigenvalue weighted by Gasteiger charge is 2.20. The Labute approximate surface area is 93.8 Å². The van der Waals surface area contributed by atoms with Crippen LogP contribution < -0.4 is 15.2 Å². The lowest BCUT2D eigenvalue weighted by molar-refractivity contribution is 0.338. The van der Waals surface area contributed by atoms with Gasteiger partial charge in [0.05, 0.1) is 14.2 Å². The van der Waals surface area contributed by atoms with Gasteiger partial charge in [-0.05, 0) is 13.3 Å². The average molecular weight is 229 g/mol. The maximum absolute atomic E-state index is 13.4. The van der Waals surface area contributed by atoms with E-state index >= 15 is 0 Å². The number of nitrogens with two attached hydrogens (primary N) is 1. The highest BCUT2D eigenvalue weighted by Crippen LogP contribution is 2.39. The molecule has 0 aliphatic rings. The molecule has 0 saturated heterocycles. The summed E-state index contributed by atoms with van der Waals surface area (Å²) in [6.07, 6.45) is 0.309. The summed E-state index contributed by atoms with van der Waals surface area (Å²) in [5.41, 5.74) is 5.96. The van der Waals surface area contributed by atoms with Gasteiger partial charge in [0.15, 0.2) is 23.1 Å². The molecule has 0 aromatic heterocycles. The average Bonchev–Trinajstić information content (AvgIpc) is 2.23. The smallest absolute Gasteiger partial charge is 0.169 e. The third kappa shape index (κ3) is 2.36. The second-order valence-corrected chi connectivity index (χ2v) is 3.60. The summed E-state index contributed by atoms with van der Waals surface area (Å²) >= 11 is 0. The lowest BCUT2D eigenvalue weighted by atomic mass is 10.0. The molecule has 0 aliphatic carbocycles. The second kappa shape index (κ2) is 5.03. The molecule has 0 bridgehead atoms. The van der Waals surface area contributed by atoms with Crippen molar-refractivity contribution in [1.29, 1.82) is 0 Å². The molecule has 0 spiro atoms. The van der Waals surface area contributed by atoms with Gasteiger partial charge in [0.2, 0.25) is 0 Å². The monoisotopic (exact) mass is 229 g/mol. The van der Waals surface area contributed by atoms with Crippen LogP contribution in [-0.2, 0) is 6.42 Å². The zero-order valence-electron chi connectivity index (χ0n) is 9.58. The Morgan fingerprint density at radius 2 is 2.06 bits per heavy atom. The van der Waals surface area contributed by atoms with Crippen molar-refractivity contribution in [3.8, 4) is 17.2 Å². The molecule has 4 nitrogen and oxygen atoms in total. The standard InChI is InChI=1S/C11H16FNO3/c1-6(13)4-7-10(14)8(12)5-9(15-2)11(7)16-3/h5-6,14H,4,13H2,1-3H3. The van der Waals surface area contributed by atoms with E-state index < -0.39 is 11.6 Å². The highest BCUT2D eigenvalue weighted by atomic mass is 19.1. The molecular weight excluding hydrogens is 213 g/mol. The normalized spacial score (nSPS) is 12.3. The summed E-state index contributed by atoms with van der Waals surface area (Å²) in [6, 6.07) is 0.866. The third-order valence-electron chi connectivity index (χ3n) is 2.22. The fourth-order valence-electron chi connectivity index (χ4n) is 1.54. The first-order chi connectivity index (χ1) is 7.51. The molecule has 0 aliphatic heterocycles. The van der Waals surface area contributed by atoms with Crippen LogP contribution in [0.5, 0.6) is 17.2 Å². The van der Waals surface area contributed by atoms with E-state index in [0.717, 1.165) is 6.07 Å². The predicted octanol–water partition coefficient (Wildman–Crippen LogP) is 1.44. The molecule has 1 unspecified atom stereocenters. The van der Waals surface area contributed by atoms with Crippen LogP contribution in [0.25, 0.3) is 0 Å². The van der Waals surface area contributed by atoms with Crippen molar-refractivity contribution < 1.29 is 19.0 Å². The summed E-state index contributed by atoms with van der Waals surface area (Å²) in [4.78, 5) is 0. The molecule has 90 valence electrons. The minimum absolute atomic E-state index is 0.216. The lowest BCUT2D eigenvalue weighted by Crippen LogP contribution is -2.18. The summed E-state index contributed by atoms with van der Waals surface area (Å²) < 4.78 is 23.4. The van der Waals surface area contributed by atoms with E-state index in [1.165, 1.54) is 14.2 Å². The van der Waals surface area contributed by atoms with Gasteiger partial charge < -0.3 is 20.3 Å². The molecule has 1 atom stereocenters. The van der Waals surface area contributed by atoms with Crippen molar-refractivity contribution in [1.82, 2.24) is 0 Å². The van der Waals surface area contributed by atoms with Gasteiger partial charge in [-0.2, -0.15) is 0 Å².